The number of methoxy groups -OCH3 is 2. The zero-order valence-electron chi connectivity index (χ0n) is 15.4. The first-order chi connectivity index (χ1) is 13.0. The Kier molecular flexibility index (Phi) is 5.56. The second-order valence-electron chi connectivity index (χ2n) is 6.21. The number of hydrogen-bond acceptors (Lipinski definition) is 4. The molecular weight excluding hydrogens is 368 g/mol. The number of carbonyl (C=O) groups is 2. The van der Waals surface area contributed by atoms with Gasteiger partial charge in [-0.15, -0.1) is 0 Å². The van der Waals surface area contributed by atoms with Crippen molar-refractivity contribution in [3.8, 4) is 11.5 Å². The molecule has 0 N–H and O–H groups in total. The Hall–Kier alpha value is -2.73. The van der Waals surface area contributed by atoms with Gasteiger partial charge in [-0.3, -0.25) is 9.59 Å². The van der Waals surface area contributed by atoms with Crippen molar-refractivity contribution in [2.24, 2.45) is 0 Å². The Labute approximate surface area is 163 Å². The van der Waals surface area contributed by atoms with Gasteiger partial charge in [0.25, 0.3) is 5.91 Å². The lowest BCUT2D eigenvalue weighted by Crippen LogP contribution is -2.57. The van der Waals surface area contributed by atoms with E-state index >= 15 is 0 Å². The second kappa shape index (κ2) is 7.88. The summed E-state index contributed by atoms with van der Waals surface area (Å²) in [5.41, 5.74) is 1.14. The lowest BCUT2D eigenvalue weighted by atomic mass is 10.1. The fourth-order valence-electron chi connectivity index (χ4n) is 3.15. The Morgan fingerprint density at radius 3 is 2.41 bits per heavy atom. The third kappa shape index (κ3) is 3.71. The number of anilines is 1. The number of carbonyl (C=O) groups excluding carboxylic acids is 2. The third-order valence-corrected chi connectivity index (χ3v) is 4.94. The summed E-state index contributed by atoms with van der Waals surface area (Å²) in [5, 5.41) is 0.561. The van der Waals surface area contributed by atoms with Gasteiger partial charge in [0, 0.05) is 29.7 Å². The quantitative estimate of drug-likeness (QED) is 0.806. The van der Waals surface area contributed by atoms with Gasteiger partial charge in [-0.05, 0) is 43.3 Å². The number of nitrogens with zero attached hydrogens (tertiary/aromatic N) is 2. The molecule has 3 rings (SSSR count). The first-order valence-electron chi connectivity index (χ1n) is 8.56. The van der Waals surface area contributed by atoms with Crippen LogP contribution in [-0.4, -0.2) is 50.1 Å². The standard InChI is InChI=1S/C20H21ClN2O4/c1-13-19(24)23(17-12-16(26-2)8-9-18(17)27-3)11-10-22(13)20(25)14-4-6-15(21)7-5-14/h4-9,12-13H,10-11H2,1-3H3. The summed E-state index contributed by atoms with van der Waals surface area (Å²) in [6.07, 6.45) is 0. The van der Waals surface area contributed by atoms with Crippen molar-refractivity contribution in [1.82, 2.24) is 4.90 Å². The highest BCUT2D eigenvalue weighted by Gasteiger charge is 2.36. The molecule has 1 unspecified atom stereocenters. The average molecular weight is 389 g/mol. The third-order valence-electron chi connectivity index (χ3n) is 4.68. The fraction of sp³-hybridized carbons (Fsp3) is 0.300. The van der Waals surface area contributed by atoms with Crippen molar-refractivity contribution >= 4 is 29.1 Å². The van der Waals surface area contributed by atoms with Crippen LogP contribution in [0.2, 0.25) is 5.02 Å². The van der Waals surface area contributed by atoms with E-state index in [9.17, 15) is 9.59 Å². The van der Waals surface area contributed by atoms with Crippen LogP contribution in [0.4, 0.5) is 5.69 Å². The van der Waals surface area contributed by atoms with Crippen molar-refractivity contribution in [2.45, 2.75) is 13.0 Å². The average Bonchev–Trinajstić information content (AvgIpc) is 2.69. The normalized spacial score (nSPS) is 17.0. The minimum absolute atomic E-state index is 0.171. The number of rotatable bonds is 4. The molecule has 0 bridgehead atoms. The highest BCUT2D eigenvalue weighted by Crippen LogP contribution is 2.34. The summed E-state index contributed by atoms with van der Waals surface area (Å²) in [6.45, 7) is 2.51. The molecule has 2 amide bonds. The molecule has 0 spiro atoms. The van der Waals surface area contributed by atoms with Gasteiger partial charge >= 0.3 is 0 Å². The lowest BCUT2D eigenvalue weighted by Gasteiger charge is -2.39. The molecule has 6 nitrogen and oxygen atoms in total. The molecule has 2 aromatic rings. The van der Waals surface area contributed by atoms with E-state index in [1.54, 1.807) is 73.4 Å². The molecule has 142 valence electrons. The van der Waals surface area contributed by atoms with E-state index in [0.29, 0.717) is 40.9 Å². The zero-order chi connectivity index (χ0) is 19.6. The van der Waals surface area contributed by atoms with Crippen LogP contribution >= 0.6 is 11.6 Å². The van der Waals surface area contributed by atoms with Gasteiger partial charge in [0.05, 0.1) is 19.9 Å². The molecule has 0 radical (unpaired) electrons. The SMILES string of the molecule is COc1ccc(OC)c(N2CCN(C(=O)c3ccc(Cl)cc3)C(C)C2=O)c1. The smallest absolute Gasteiger partial charge is 0.254 e. The maximum atomic E-state index is 13.0. The lowest BCUT2D eigenvalue weighted by molar-refractivity contribution is -0.124. The van der Waals surface area contributed by atoms with E-state index in [1.165, 1.54) is 0 Å². The van der Waals surface area contributed by atoms with Gasteiger partial charge in [-0.1, -0.05) is 11.6 Å². The predicted octanol–water partition coefficient (Wildman–Crippen LogP) is 3.23. The highest BCUT2D eigenvalue weighted by atomic mass is 35.5. The topological polar surface area (TPSA) is 59.1 Å². The van der Waals surface area contributed by atoms with Crippen LogP contribution in [0.15, 0.2) is 42.5 Å². The number of ether oxygens (including phenoxy) is 2. The maximum absolute atomic E-state index is 13.0. The molecule has 27 heavy (non-hydrogen) atoms. The Bertz CT molecular complexity index is 854. The summed E-state index contributed by atoms with van der Waals surface area (Å²) in [7, 11) is 3.12. The van der Waals surface area contributed by atoms with Crippen LogP contribution in [0.1, 0.15) is 17.3 Å². The molecule has 0 aliphatic carbocycles. The summed E-state index contributed by atoms with van der Waals surface area (Å²) in [4.78, 5) is 29.0. The molecule has 1 aliphatic heterocycles. The molecule has 1 aliphatic rings. The van der Waals surface area contributed by atoms with Gasteiger partial charge < -0.3 is 19.3 Å². The second-order valence-corrected chi connectivity index (χ2v) is 6.65. The van der Waals surface area contributed by atoms with E-state index in [2.05, 4.69) is 0 Å². The molecule has 7 heteroatoms. The molecule has 1 fully saturated rings. The van der Waals surface area contributed by atoms with Crippen molar-refractivity contribution in [3.05, 3.63) is 53.1 Å². The minimum Gasteiger partial charge on any atom is -0.497 e. The van der Waals surface area contributed by atoms with Crippen LogP contribution in [0.3, 0.4) is 0 Å². The van der Waals surface area contributed by atoms with Gasteiger partial charge in [0.2, 0.25) is 5.91 Å². The summed E-state index contributed by atoms with van der Waals surface area (Å²) in [5.74, 6) is 0.847. The summed E-state index contributed by atoms with van der Waals surface area (Å²) < 4.78 is 10.7. The number of halogens is 1. The van der Waals surface area contributed by atoms with E-state index < -0.39 is 6.04 Å². The van der Waals surface area contributed by atoms with E-state index in [1.807, 2.05) is 0 Å². The van der Waals surface area contributed by atoms with E-state index in [0.717, 1.165) is 0 Å². The number of benzene rings is 2. The molecule has 1 heterocycles. The molecule has 0 saturated carbocycles. The van der Waals surface area contributed by atoms with E-state index in [4.69, 9.17) is 21.1 Å². The van der Waals surface area contributed by atoms with Crippen LogP contribution in [0.5, 0.6) is 11.5 Å². The van der Waals surface area contributed by atoms with Crippen LogP contribution in [-0.2, 0) is 4.79 Å². The fourth-order valence-corrected chi connectivity index (χ4v) is 3.28. The van der Waals surface area contributed by atoms with Gasteiger partial charge in [-0.2, -0.15) is 0 Å². The number of amides is 2. The van der Waals surface area contributed by atoms with Gasteiger partial charge in [-0.25, -0.2) is 0 Å². The molecule has 0 aromatic heterocycles. The van der Waals surface area contributed by atoms with Crippen LogP contribution in [0.25, 0.3) is 0 Å². The van der Waals surface area contributed by atoms with Crippen molar-refractivity contribution in [2.75, 3.05) is 32.2 Å². The largest absolute Gasteiger partial charge is 0.497 e. The Balaban J connectivity index is 1.84. The Morgan fingerprint density at radius 1 is 1.07 bits per heavy atom. The first kappa shape index (κ1) is 19.0. The van der Waals surface area contributed by atoms with Gasteiger partial charge in [0.15, 0.2) is 0 Å². The monoisotopic (exact) mass is 388 g/mol. The molecule has 2 aromatic carbocycles. The molecular formula is C20H21ClN2O4. The summed E-state index contributed by atoms with van der Waals surface area (Å²) >= 11 is 5.89. The Morgan fingerprint density at radius 2 is 1.78 bits per heavy atom. The maximum Gasteiger partial charge on any atom is 0.254 e. The first-order valence-corrected chi connectivity index (χ1v) is 8.94. The predicted molar refractivity (Wildman–Crippen MR) is 104 cm³/mol. The van der Waals surface area contributed by atoms with Crippen molar-refractivity contribution in [1.29, 1.82) is 0 Å². The van der Waals surface area contributed by atoms with Crippen molar-refractivity contribution < 1.29 is 19.1 Å². The number of piperazine rings is 1. The summed E-state index contributed by atoms with van der Waals surface area (Å²) in [6, 6.07) is 11.4. The zero-order valence-corrected chi connectivity index (χ0v) is 16.2. The van der Waals surface area contributed by atoms with Crippen LogP contribution in [0, 0.1) is 0 Å². The molecule has 1 atom stereocenters. The minimum atomic E-state index is -0.599. The van der Waals surface area contributed by atoms with Gasteiger partial charge in [0.1, 0.15) is 17.5 Å². The molecule has 1 saturated heterocycles. The van der Waals surface area contributed by atoms with Crippen LogP contribution < -0.4 is 14.4 Å². The highest BCUT2D eigenvalue weighted by molar-refractivity contribution is 6.30. The van der Waals surface area contributed by atoms with Crippen molar-refractivity contribution in [3.63, 3.8) is 0 Å². The van der Waals surface area contributed by atoms with E-state index in [-0.39, 0.29) is 11.8 Å². The number of hydrogen-bond donors (Lipinski definition) is 0.